The maximum atomic E-state index is 15.5. The van der Waals surface area contributed by atoms with Gasteiger partial charge in [-0.25, -0.2) is 18.2 Å². The number of fused-ring (bicyclic) bond motifs is 1. The van der Waals surface area contributed by atoms with Crippen molar-refractivity contribution < 1.29 is 18.0 Å². The maximum Gasteiger partial charge on any atom is 0.249 e. The topological polar surface area (TPSA) is 59.2 Å². The summed E-state index contributed by atoms with van der Waals surface area (Å²) in [7, 11) is 0. The molecule has 1 aliphatic rings. The average Bonchev–Trinajstić information content (AvgIpc) is 3.09. The number of carbonyl (C=O) groups excluding carboxylic acids is 1. The minimum absolute atomic E-state index is 0.0993. The second-order valence-electron chi connectivity index (χ2n) is 6.54. The van der Waals surface area contributed by atoms with E-state index in [1.54, 1.807) is 47.5 Å². The normalized spacial score (nSPS) is 16.7. The zero-order valence-electron chi connectivity index (χ0n) is 14.6. The minimum Gasteiger partial charge on any atom is -0.366 e. The Labute approximate surface area is 159 Å². The number of hydrogen-bond acceptors (Lipinski definition) is 3. The molecule has 2 unspecified atom stereocenters. The number of benzene rings is 2. The molecule has 2 atom stereocenters. The fraction of sp³-hybridized carbons (Fsp3) is 0.143. The molecule has 7 heteroatoms. The van der Waals surface area contributed by atoms with E-state index < -0.39 is 29.8 Å². The van der Waals surface area contributed by atoms with Crippen molar-refractivity contribution in [3.05, 3.63) is 89.1 Å². The van der Waals surface area contributed by atoms with Crippen molar-refractivity contribution in [1.82, 2.24) is 4.98 Å². The molecule has 2 heterocycles. The Morgan fingerprint density at radius 3 is 2.61 bits per heavy atom. The first kappa shape index (κ1) is 18.0. The summed E-state index contributed by atoms with van der Waals surface area (Å²) in [6, 6.07) is 12.6. The molecular formula is C21H16F3N3O. The maximum absolute atomic E-state index is 15.5. The van der Waals surface area contributed by atoms with Crippen LogP contribution in [0.2, 0.25) is 0 Å². The van der Waals surface area contributed by atoms with Crippen LogP contribution in [0.25, 0.3) is 0 Å². The van der Waals surface area contributed by atoms with Gasteiger partial charge in [0.1, 0.15) is 12.0 Å². The van der Waals surface area contributed by atoms with Gasteiger partial charge in [0.2, 0.25) is 5.91 Å². The van der Waals surface area contributed by atoms with E-state index >= 15 is 4.39 Å². The summed E-state index contributed by atoms with van der Waals surface area (Å²) in [5.41, 5.74) is 6.50. The third kappa shape index (κ3) is 2.89. The molecule has 0 spiro atoms. The van der Waals surface area contributed by atoms with Crippen LogP contribution in [0.15, 0.2) is 60.8 Å². The molecule has 3 aromatic rings. The third-order valence-corrected chi connectivity index (χ3v) is 4.93. The number of nitrogens with two attached hydrogens (primary N) is 1. The van der Waals surface area contributed by atoms with Gasteiger partial charge in [0.15, 0.2) is 11.6 Å². The summed E-state index contributed by atoms with van der Waals surface area (Å²) >= 11 is 0. The molecule has 4 nitrogen and oxygen atoms in total. The van der Waals surface area contributed by atoms with Gasteiger partial charge in [0, 0.05) is 23.0 Å². The number of primary amides is 1. The molecule has 2 aromatic carbocycles. The van der Waals surface area contributed by atoms with E-state index in [1.165, 1.54) is 12.1 Å². The molecule has 0 bridgehead atoms. The van der Waals surface area contributed by atoms with Crippen LogP contribution in [0.5, 0.6) is 0 Å². The molecule has 1 amide bonds. The van der Waals surface area contributed by atoms with Gasteiger partial charge in [-0.05, 0) is 42.3 Å². The van der Waals surface area contributed by atoms with E-state index in [2.05, 4.69) is 4.98 Å². The Hall–Kier alpha value is -3.35. The minimum atomic E-state index is -1.86. The van der Waals surface area contributed by atoms with Crippen LogP contribution in [0.3, 0.4) is 0 Å². The van der Waals surface area contributed by atoms with Crippen LogP contribution in [0.1, 0.15) is 27.7 Å². The first-order valence-corrected chi connectivity index (χ1v) is 8.69. The zero-order valence-corrected chi connectivity index (χ0v) is 14.6. The van der Waals surface area contributed by atoms with Crippen LogP contribution >= 0.6 is 0 Å². The number of amides is 1. The molecule has 0 saturated heterocycles. The van der Waals surface area contributed by atoms with Crippen LogP contribution in [-0.2, 0) is 6.42 Å². The van der Waals surface area contributed by atoms with Gasteiger partial charge in [-0.2, -0.15) is 0 Å². The van der Waals surface area contributed by atoms with Crippen molar-refractivity contribution in [3.8, 4) is 0 Å². The van der Waals surface area contributed by atoms with Crippen LogP contribution in [0, 0.1) is 11.6 Å². The predicted octanol–water partition coefficient (Wildman–Crippen LogP) is 4.23. The highest BCUT2D eigenvalue weighted by atomic mass is 19.2. The van der Waals surface area contributed by atoms with Gasteiger partial charge in [-0.1, -0.05) is 24.3 Å². The lowest BCUT2D eigenvalue weighted by Gasteiger charge is -2.29. The quantitative estimate of drug-likeness (QED) is 0.733. The van der Waals surface area contributed by atoms with E-state index in [4.69, 9.17) is 5.73 Å². The van der Waals surface area contributed by atoms with Crippen molar-refractivity contribution in [2.24, 2.45) is 5.73 Å². The van der Waals surface area contributed by atoms with Gasteiger partial charge in [-0.15, -0.1) is 0 Å². The lowest BCUT2D eigenvalue weighted by atomic mass is 9.97. The van der Waals surface area contributed by atoms with Crippen molar-refractivity contribution >= 4 is 17.4 Å². The summed E-state index contributed by atoms with van der Waals surface area (Å²) < 4.78 is 43.4. The fourth-order valence-corrected chi connectivity index (χ4v) is 3.69. The Bertz CT molecular complexity index is 1040. The average molecular weight is 383 g/mol. The monoisotopic (exact) mass is 383 g/mol. The van der Waals surface area contributed by atoms with E-state index in [9.17, 15) is 13.6 Å². The highest BCUT2D eigenvalue weighted by Crippen LogP contribution is 2.44. The van der Waals surface area contributed by atoms with E-state index in [1.807, 2.05) is 0 Å². The Morgan fingerprint density at radius 1 is 1.11 bits per heavy atom. The SMILES string of the molecule is NC(=O)c1cccc2c1CC(C(F)c1cccc(F)c1F)N2c1ccccn1. The third-order valence-electron chi connectivity index (χ3n) is 4.93. The summed E-state index contributed by atoms with van der Waals surface area (Å²) in [6.07, 6.45) is -0.202. The van der Waals surface area contributed by atoms with Crippen LogP contribution in [0.4, 0.5) is 24.7 Å². The first-order chi connectivity index (χ1) is 13.5. The van der Waals surface area contributed by atoms with Crippen molar-refractivity contribution in [2.75, 3.05) is 4.90 Å². The number of rotatable bonds is 4. The lowest BCUT2D eigenvalue weighted by Crippen LogP contribution is -2.33. The molecule has 1 aliphatic heterocycles. The van der Waals surface area contributed by atoms with E-state index in [0.717, 1.165) is 6.07 Å². The number of halogens is 3. The molecule has 1 aromatic heterocycles. The number of pyridine rings is 1. The molecule has 2 N–H and O–H groups in total. The van der Waals surface area contributed by atoms with Crippen molar-refractivity contribution in [3.63, 3.8) is 0 Å². The summed E-state index contributed by atoms with van der Waals surface area (Å²) in [4.78, 5) is 17.7. The zero-order chi connectivity index (χ0) is 19.8. The largest absolute Gasteiger partial charge is 0.366 e. The van der Waals surface area contributed by atoms with Gasteiger partial charge in [0.05, 0.1) is 6.04 Å². The fourth-order valence-electron chi connectivity index (χ4n) is 3.69. The predicted molar refractivity (Wildman–Crippen MR) is 99.0 cm³/mol. The van der Waals surface area contributed by atoms with Crippen molar-refractivity contribution in [1.29, 1.82) is 0 Å². The first-order valence-electron chi connectivity index (χ1n) is 8.69. The van der Waals surface area contributed by atoms with Crippen LogP contribution in [-0.4, -0.2) is 16.9 Å². The Morgan fingerprint density at radius 2 is 1.89 bits per heavy atom. The Balaban J connectivity index is 1.85. The Kier molecular flexibility index (Phi) is 4.50. The van der Waals surface area contributed by atoms with E-state index in [-0.39, 0.29) is 17.5 Å². The highest BCUT2D eigenvalue weighted by Gasteiger charge is 2.40. The molecule has 0 aliphatic carbocycles. The molecule has 0 saturated carbocycles. The molecule has 0 radical (unpaired) electrons. The number of hydrogen-bond donors (Lipinski definition) is 1. The standard InChI is InChI=1S/C21H16F3N3O/c22-15-7-3-6-13(19(15)23)20(24)17-11-14-12(21(25)28)5-4-8-16(14)27(17)18-9-1-2-10-26-18/h1-10,17,20H,11H2,(H2,25,28). The number of carbonyl (C=O) groups is 1. The highest BCUT2D eigenvalue weighted by molar-refractivity contribution is 5.97. The second-order valence-corrected chi connectivity index (χ2v) is 6.54. The number of nitrogens with zero attached hydrogens (tertiary/aromatic N) is 2. The number of anilines is 2. The summed E-state index contributed by atoms with van der Waals surface area (Å²) in [6.45, 7) is 0. The van der Waals surface area contributed by atoms with E-state index in [0.29, 0.717) is 17.1 Å². The molecule has 4 rings (SSSR count). The summed E-state index contributed by atoms with van der Waals surface area (Å²) in [5.74, 6) is -2.53. The number of aromatic nitrogens is 1. The van der Waals surface area contributed by atoms with Crippen molar-refractivity contribution in [2.45, 2.75) is 18.6 Å². The molecule has 142 valence electrons. The molecule has 28 heavy (non-hydrogen) atoms. The van der Waals surface area contributed by atoms with Gasteiger partial charge < -0.3 is 10.6 Å². The smallest absolute Gasteiger partial charge is 0.249 e. The van der Waals surface area contributed by atoms with Gasteiger partial charge in [-0.3, -0.25) is 4.79 Å². The number of alkyl halides is 1. The molecule has 0 fully saturated rings. The summed E-state index contributed by atoms with van der Waals surface area (Å²) in [5, 5.41) is 0. The lowest BCUT2D eigenvalue weighted by molar-refractivity contribution is 0.0999. The van der Waals surface area contributed by atoms with Gasteiger partial charge in [0.25, 0.3) is 0 Å². The van der Waals surface area contributed by atoms with Gasteiger partial charge >= 0.3 is 0 Å². The van der Waals surface area contributed by atoms with Crippen LogP contribution < -0.4 is 10.6 Å². The molecular weight excluding hydrogens is 367 g/mol. The second kappa shape index (κ2) is 6.99.